The normalized spacial score (nSPS) is 27.1. The van der Waals surface area contributed by atoms with Crippen LogP contribution in [0.4, 0.5) is 0 Å². The summed E-state index contributed by atoms with van der Waals surface area (Å²) < 4.78 is 0. The lowest BCUT2D eigenvalue weighted by Crippen LogP contribution is -2.19. The fourth-order valence-electron chi connectivity index (χ4n) is 2.29. The Bertz CT molecular complexity index is 327. The first-order valence-electron chi connectivity index (χ1n) is 5.65. The Labute approximate surface area is 91.5 Å². The predicted octanol–water partition coefficient (Wildman–Crippen LogP) is 2.48. The number of hydrogen-bond donors (Lipinski definition) is 1. The van der Waals surface area contributed by atoms with Gasteiger partial charge in [-0.25, -0.2) is 0 Å². The number of aromatic hydroxyl groups is 1. The van der Waals surface area contributed by atoms with Crippen LogP contribution in [0.5, 0.6) is 5.75 Å². The van der Waals surface area contributed by atoms with Crippen LogP contribution in [0.1, 0.15) is 19.4 Å². The zero-order valence-corrected chi connectivity index (χ0v) is 9.48. The molecule has 1 aliphatic heterocycles. The molecule has 1 heterocycles. The molecule has 1 aromatic carbocycles. The van der Waals surface area contributed by atoms with Crippen LogP contribution in [0.15, 0.2) is 24.3 Å². The molecule has 1 aromatic rings. The molecule has 2 heteroatoms. The summed E-state index contributed by atoms with van der Waals surface area (Å²) in [5.41, 5.74) is 1.20. The summed E-state index contributed by atoms with van der Waals surface area (Å²) in [6.07, 6.45) is 0. The molecule has 2 atom stereocenters. The van der Waals surface area contributed by atoms with Crippen LogP contribution in [0.25, 0.3) is 0 Å². The molecule has 0 saturated carbocycles. The van der Waals surface area contributed by atoms with Crippen molar-refractivity contribution in [2.75, 3.05) is 13.1 Å². The minimum absolute atomic E-state index is 0.368. The van der Waals surface area contributed by atoms with Gasteiger partial charge in [0.2, 0.25) is 0 Å². The lowest BCUT2D eigenvalue weighted by Gasteiger charge is -2.15. The van der Waals surface area contributed by atoms with Gasteiger partial charge in [-0.2, -0.15) is 0 Å². The maximum absolute atomic E-state index is 9.37. The van der Waals surface area contributed by atoms with E-state index in [1.54, 1.807) is 6.07 Å². The third-order valence-electron chi connectivity index (χ3n) is 3.38. The highest BCUT2D eigenvalue weighted by molar-refractivity contribution is 5.27. The topological polar surface area (TPSA) is 23.5 Å². The third-order valence-corrected chi connectivity index (χ3v) is 3.38. The quantitative estimate of drug-likeness (QED) is 0.801. The van der Waals surface area contributed by atoms with E-state index in [0.717, 1.165) is 18.4 Å². The van der Waals surface area contributed by atoms with Crippen LogP contribution < -0.4 is 0 Å². The van der Waals surface area contributed by atoms with E-state index in [0.29, 0.717) is 5.75 Å². The summed E-state index contributed by atoms with van der Waals surface area (Å²) in [6, 6.07) is 7.56. The van der Waals surface area contributed by atoms with Gasteiger partial charge < -0.3 is 5.11 Å². The summed E-state index contributed by atoms with van der Waals surface area (Å²) in [5, 5.41) is 9.37. The Balaban J connectivity index is 1.98. The van der Waals surface area contributed by atoms with E-state index in [4.69, 9.17) is 0 Å². The monoisotopic (exact) mass is 205 g/mol. The van der Waals surface area contributed by atoms with E-state index < -0.39 is 0 Å². The fourth-order valence-corrected chi connectivity index (χ4v) is 2.29. The molecule has 0 bridgehead atoms. The van der Waals surface area contributed by atoms with Gasteiger partial charge in [-0.15, -0.1) is 0 Å². The van der Waals surface area contributed by atoms with Crippen molar-refractivity contribution in [1.82, 2.24) is 4.90 Å². The minimum atomic E-state index is 0.368. The Morgan fingerprint density at radius 3 is 2.53 bits per heavy atom. The molecule has 0 aliphatic carbocycles. The van der Waals surface area contributed by atoms with Gasteiger partial charge in [0.1, 0.15) is 5.75 Å². The van der Waals surface area contributed by atoms with Crippen LogP contribution in [-0.2, 0) is 6.54 Å². The van der Waals surface area contributed by atoms with E-state index >= 15 is 0 Å². The first-order chi connectivity index (χ1) is 7.15. The van der Waals surface area contributed by atoms with Crippen molar-refractivity contribution in [3.8, 4) is 5.75 Å². The van der Waals surface area contributed by atoms with Gasteiger partial charge in [-0.3, -0.25) is 4.90 Å². The Kier molecular flexibility index (Phi) is 2.96. The van der Waals surface area contributed by atoms with Crippen molar-refractivity contribution in [3.05, 3.63) is 29.8 Å². The van der Waals surface area contributed by atoms with Crippen molar-refractivity contribution < 1.29 is 5.11 Å². The van der Waals surface area contributed by atoms with E-state index in [9.17, 15) is 5.11 Å². The molecule has 1 saturated heterocycles. The second-order valence-corrected chi connectivity index (χ2v) is 4.82. The number of nitrogens with zero attached hydrogens (tertiary/aromatic N) is 1. The Morgan fingerprint density at radius 2 is 1.93 bits per heavy atom. The van der Waals surface area contributed by atoms with Crippen molar-refractivity contribution >= 4 is 0 Å². The fraction of sp³-hybridized carbons (Fsp3) is 0.538. The highest BCUT2D eigenvalue weighted by Gasteiger charge is 2.25. The maximum atomic E-state index is 9.37. The second-order valence-electron chi connectivity index (χ2n) is 4.82. The molecule has 0 radical (unpaired) electrons. The largest absolute Gasteiger partial charge is 0.508 e. The van der Waals surface area contributed by atoms with Gasteiger partial charge in [0.25, 0.3) is 0 Å². The van der Waals surface area contributed by atoms with Crippen LogP contribution in [0, 0.1) is 11.8 Å². The van der Waals surface area contributed by atoms with Crippen molar-refractivity contribution in [2.45, 2.75) is 20.4 Å². The lowest BCUT2D eigenvalue weighted by molar-refractivity contribution is 0.315. The Morgan fingerprint density at radius 1 is 1.27 bits per heavy atom. The number of likely N-dealkylation sites (tertiary alicyclic amines) is 1. The van der Waals surface area contributed by atoms with Gasteiger partial charge >= 0.3 is 0 Å². The molecule has 2 rings (SSSR count). The van der Waals surface area contributed by atoms with Crippen molar-refractivity contribution in [2.24, 2.45) is 11.8 Å². The van der Waals surface area contributed by atoms with Crippen LogP contribution >= 0.6 is 0 Å². The van der Waals surface area contributed by atoms with Gasteiger partial charge in [0.15, 0.2) is 0 Å². The lowest BCUT2D eigenvalue weighted by atomic mass is 10.0. The third kappa shape index (κ3) is 2.51. The Hall–Kier alpha value is -1.02. The summed E-state index contributed by atoms with van der Waals surface area (Å²) in [6.45, 7) is 7.94. The first kappa shape index (κ1) is 10.5. The zero-order chi connectivity index (χ0) is 10.8. The predicted molar refractivity (Wildman–Crippen MR) is 61.7 cm³/mol. The van der Waals surface area contributed by atoms with E-state index in [-0.39, 0.29) is 0 Å². The SMILES string of the molecule is CC1CN(Cc2cccc(O)c2)CC1C. The highest BCUT2D eigenvalue weighted by Crippen LogP contribution is 2.24. The number of phenolic OH excluding ortho intramolecular Hbond substituents is 1. The summed E-state index contributed by atoms with van der Waals surface area (Å²) in [7, 11) is 0. The molecule has 2 unspecified atom stereocenters. The molecule has 0 amide bonds. The summed E-state index contributed by atoms with van der Waals surface area (Å²) >= 11 is 0. The van der Waals surface area contributed by atoms with Crippen molar-refractivity contribution in [3.63, 3.8) is 0 Å². The van der Waals surface area contributed by atoms with Gasteiger partial charge in [-0.05, 0) is 29.5 Å². The zero-order valence-electron chi connectivity index (χ0n) is 9.48. The molecule has 2 nitrogen and oxygen atoms in total. The van der Waals surface area contributed by atoms with Crippen LogP contribution in [0.3, 0.4) is 0 Å². The highest BCUT2D eigenvalue weighted by atomic mass is 16.3. The summed E-state index contributed by atoms with van der Waals surface area (Å²) in [5.74, 6) is 1.96. The molecule has 82 valence electrons. The van der Waals surface area contributed by atoms with Crippen LogP contribution in [-0.4, -0.2) is 23.1 Å². The minimum Gasteiger partial charge on any atom is -0.508 e. The van der Waals surface area contributed by atoms with Crippen LogP contribution in [0.2, 0.25) is 0 Å². The molecule has 1 aliphatic rings. The number of phenols is 1. The van der Waals surface area contributed by atoms with E-state index in [2.05, 4.69) is 24.8 Å². The second kappa shape index (κ2) is 4.23. The maximum Gasteiger partial charge on any atom is 0.115 e. The number of benzene rings is 1. The molecule has 1 fully saturated rings. The number of hydrogen-bond acceptors (Lipinski definition) is 2. The molecule has 1 N–H and O–H groups in total. The first-order valence-corrected chi connectivity index (χ1v) is 5.65. The molecule has 0 aromatic heterocycles. The van der Waals surface area contributed by atoms with Gasteiger partial charge in [0, 0.05) is 19.6 Å². The molecular formula is C13H19NO. The average Bonchev–Trinajstić information content (AvgIpc) is 2.45. The smallest absolute Gasteiger partial charge is 0.115 e. The van der Waals surface area contributed by atoms with Gasteiger partial charge in [-0.1, -0.05) is 26.0 Å². The number of rotatable bonds is 2. The average molecular weight is 205 g/mol. The van der Waals surface area contributed by atoms with Crippen molar-refractivity contribution in [1.29, 1.82) is 0 Å². The summed E-state index contributed by atoms with van der Waals surface area (Å²) in [4.78, 5) is 2.46. The van der Waals surface area contributed by atoms with Gasteiger partial charge in [0.05, 0.1) is 0 Å². The van der Waals surface area contributed by atoms with E-state index in [1.165, 1.54) is 18.7 Å². The molecule has 15 heavy (non-hydrogen) atoms. The molecule has 0 spiro atoms. The molecular weight excluding hydrogens is 186 g/mol. The van der Waals surface area contributed by atoms with E-state index in [1.807, 2.05) is 12.1 Å². The standard InChI is InChI=1S/C13H19NO/c1-10-7-14(8-11(10)2)9-12-4-3-5-13(15)6-12/h3-6,10-11,15H,7-9H2,1-2H3.